The van der Waals surface area contributed by atoms with Crippen LogP contribution >= 0.6 is 0 Å². The second kappa shape index (κ2) is 12.2. The molecule has 0 amide bonds. The molecule has 0 bridgehead atoms. The molecule has 3 nitrogen and oxygen atoms in total. The smallest absolute Gasteiger partial charge is 0.124 e. The molecule has 1 aliphatic heterocycles. The number of piperidine rings is 1. The first kappa shape index (κ1) is 22.8. The van der Waals surface area contributed by atoms with Crippen LogP contribution < -0.4 is 40.2 Å². The maximum atomic E-state index is 6.06. The van der Waals surface area contributed by atoms with E-state index in [2.05, 4.69) is 60.0 Å². The van der Waals surface area contributed by atoms with Gasteiger partial charge in [-0.3, -0.25) is 0 Å². The van der Waals surface area contributed by atoms with Gasteiger partial charge in [0.05, 0.1) is 0 Å². The molecular formula is C21H28Cl2N2O-2. The summed E-state index contributed by atoms with van der Waals surface area (Å²) in [5.74, 6) is 1.78. The predicted molar refractivity (Wildman–Crippen MR) is 99.3 cm³/mol. The molecule has 1 heterocycles. The molecule has 5 heteroatoms. The summed E-state index contributed by atoms with van der Waals surface area (Å²) in [4.78, 5) is 0. The summed E-state index contributed by atoms with van der Waals surface area (Å²) >= 11 is 0. The fraction of sp³-hybridized carbons (Fsp3) is 0.429. The molecule has 1 fully saturated rings. The predicted octanol–water partition coefficient (Wildman–Crippen LogP) is -2.33. The summed E-state index contributed by atoms with van der Waals surface area (Å²) in [7, 11) is 0. The third-order valence-corrected chi connectivity index (χ3v) is 4.69. The van der Waals surface area contributed by atoms with Gasteiger partial charge in [0.25, 0.3) is 0 Å². The van der Waals surface area contributed by atoms with E-state index in [4.69, 9.17) is 4.74 Å². The van der Waals surface area contributed by atoms with Crippen molar-refractivity contribution < 1.29 is 29.6 Å². The van der Waals surface area contributed by atoms with E-state index in [1.165, 1.54) is 29.5 Å². The Bertz CT molecular complexity index is 628. The Labute approximate surface area is 169 Å². The van der Waals surface area contributed by atoms with Crippen molar-refractivity contribution in [3.63, 3.8) is 0 Å². The van der Waals surface area contributed by atoms with Crippen LogP contribution in [0.1, 0.15) is 29.5 Å². The van der Waals surface area contributed by atoms with Gasteiger partial charge in [-0.1, -0.05) is 48.0 Å². The number of halogens is 2. The molecule has 144 valence electrons. The van der Waals surface area contributed by atoms with Gasteiger partial charge in [-0.25, -0.2) is 0 Å². The Kier molecular flexibility index (Phi) is 10.7. The molecule has 2 aromatic carbocycles. The molecule has 2 N–H and O–H groups in total. The molecule has 0 atom stereocenters. The van der Waals surface area contributed by atoms with Crippen LogP contribution in [-0.2, 0) is 13.2 Å². The first-order chi connectivity index (χ1) is 11.8. The Morgan fingerprint density at radius 1 is 1.00 bits per heavy atom. The van der Waals surface area contributed by atoms with Crippen molar-refractivity contribution in [1.82, 2.24) is 10.6 Å². The molecule has 26 heavy (non-hydrogen) atoms. The first-order valence-electron chi connectivity index (χ1n) is 8.99. The van der Waals surface area contributed by atoms with E-state index in [9.17, 15) is 0 Å². The van der Waals surface area contributed by atoms with E-state index < -0.39 is 0 Å². The van der Waals surface area contributed by atoms with Gasteiger partial charge in [0.2, 0.25) is 0 Å². The highest BCUT2D eigenvalue weighted by atomic mass is 35.5. The second-order valence-electron chi connectivity index (χ2n) is 6.71. The lowest BCUT2D eigenvalue weighted by Gasteiger charge is -2.23. The molecule has 0 aliphatic carbocycles. The minimum Gasteiger partial charge on any atom is -1.00 e. The molecule has 2 aromatic rings. The van der Waals surface area contributed by atoms with Crippen molar-refractivity contribution in [3.05, 3.63) is 65.2 Å². The summed E-state index contributed by atoms with van der Waals surface area (Å²) in [6.45, 7) is 6.99. The lowest BCUT2D eigenvalue weighted by Crippen LogP contribution is -3.00. The molecule has 0 radical (unpaired) electrons. The zero-order valence-electron chi connectivity index (χ0n) is 15.3. The molecule has 0 aromatic heterocycles. The van der Waals surface area contributed by atoms with Crippen LogP contribution in [0.3, 0.4) is 0 Å². The zero-order chi connectivity index (χ0) is 16.6. The third kappa shape index (κ3) is 7.16. The van der Waals surface area contributed by atoms with Gasteiger partial charge in [-0.2, -0.15) is 0 Å². The number of hydrogen-bond donors (Lipinski definition) is 2. The van der Waals surface area contributed by atoms with Crippen LogP contribution in [0.15, 0.2) is 48.5 Å². The maximum absolute atomic E-state index is 6.06. The average molecular weight is 395 g/mol. The van der Waals surface area contributed by atoms with Gasteiger partial charge in [0.15, 0.2) is 0 Å². The summed E-state index contributed by atoms with van der Waals surface area (Å²) < 4.78 is 6.06. The van der Waals surface area contributed by atoms with E-state index in [0.29, 0.717) is 6.61 Å². The highest BCUT2D eigenvalue weighted by Gasteiger charge is 2.12. The second-order valence-corrected chi connectivity index (χ2v) is 6.71. The Morgan fingerprint density at radius 2 is 1.69 bits per heavy atom. The summed E-state index contributed by atoms with van der Waals surface area (Å²) in [6.07, 6.45) is 2.55. The van der Waals surface area contributed by atoms with Gasteiger partial charge >= 0.3 is 0 Å². The first-order valence-corrected chi connectivity index (χ1v) is 8.99. The summed E-state index contributed by atoms with van der Waals surface area (Å²) in [5, 5.41) is 7.03. The van der Waals surface area contributed by atoms with Crippen LogP contribution in [0, 0.1) is 12.8 Å². The van der Waals surface area contributed by atoms with E-state index >= 15 is 0 Å². The third-order valence-electron chi connectivity index (χ3n) is 4.69. The van der Waals surface area contributed by atoms with Crippen molar-refractivity contribution >= 4 is 0 Å². The fourth-order valence-corrected chi connectivity index (χ4v) is 3.13. The van der Waals surface area contributed by atoms with E-state index in [0.717, 1.165) is 37.8 Å². The minimum absolute atomic E-state index is 0. The monoisotopic (exact) mass is 394 g/mol. The van der Waals surface area contributed by atoms with E-state index in [1.54, 1.807) is 0 Å². The van der Waals surface area contributed by atoms with Gasteiger partial charge in [0.1, 0.15) is 12.4 Å². The summed E-state index contributed by atoms with van der Waals surface area (Å²) in [6, 6.07) is 16.9. The number of rotatable bonds is 7. The van der Waals surface area contributed by atoms with Crippen LogP contribution in [0.5, 0.6) is 5.75 Å². The fourth-order valence-electron chi connectivity index (χ4n) is 3.13. The van der Waals surface area contributed by atoms with Crippen molar-refractivity contribution in [2.45, 2.75) is 32.9 Å². The molecule has 1 saturated heterocycles. The lowest BCUT2D eigenvalue weighted by atomic mass is 9.98. The quantitative estimate of drug-likeness (QED) is 0.552. The van der Waals surface area contributed by atoms with Crippen molar-refractivity contribution in [1.29, 1.82) is 0 Å². The topological polar surface area (TPSA) is 33.3 Å². The Balaban J connectivity index is 0.00000169. The van der Waals surface area contributed by atoms with Gasteiger partial charge < -0.3 is 40.2 Å². The summed E-state index contributed by atoms with van der Waals surface area (Å²) in [5.41, 5.74) is 3.72. The Morgan fingerprint density at radius 3 is 2.42 bits per heavy atom. The molecule has 0 saturated carbocycles. The number of para-hydroxylation sites is 1. The minimum atomic E-state index is 0. The maximum Gasteiger partial charge on any atom is 0.124 e. The highest BCUT2D eigenvalue weighted by Crippen LogP contribution is 2.20. The van der Waals surface area contributed by atoms with Gasteiger partial charge in [0, 0.05) is 12.1 Å². The molecule has 0 unspecified atom stereocenters. The van der Waals surface area contributed by atoms with Crippen LogP contribution in [0.2, 0.25) is 0 Å². The van der Waals surface area contributed by atoms with E-state index in [-0.39, 0.29) is 24.8 Å². The molecule has 0 spiro atoms. The molecule has 3 rings (SSSR count). The van der Waals surface area contributed by atoms with Crippen molar-refractivity contribution in [2.24, 2.45) is 5.92 Å². The standard InChI is InChI=1S/C21H28N2O.2ClH/c1-17-6-8-19(9-7-17)16-24-21-5-3-2-4-20(21)15-23-14-18-10-12-22-13-11-18;;/h2-9,18,22-23H,10-16H2,1H3;2*1H/p-2. The van der Waals surface area contributed by atoms with Gasteiger partial charge in [-0.05, 0) is 56.9 Å². The number of ether oxygens (including phenoxy) is 1. The number of aryl methyl sites for hydroxylation is 1. The van der Waals surface area contributed by atoms with Crippen LogP contribution in [-0.4, -0.2) is 19.6 Å². The van der Waals surface area contributed by atoms with Crippen LogP contribution in [0.25, 0.3) is 0 Å². The van der Waals surface area contributed by atoms with Crippen molar-refractivity contribution in [2.75, 3.05) is 19.6 Å². The van der Waals surface area contributed by atoms with Crippen LogP contribution in [0.4, 0.5) is 0 Å². The normalized spacial score (nSPS) is 14.2. The highest BCUT2D eigenvalue weighted by molar-refractivity contribution is 5.33. The van der Waals surface area contributed by atoms with E-state index in [1.807, 2.05) is 6.07 Å². The molecule has 1 aliphatic rings. The Hall–Kier alpha value is -1.26. The largest absolute Gasteiger partial charge is 1.00 e. The SMILES string of the molecule is Cc1ccc(COc2ccccc2CNCC2CCNCC2)cc1.[Cl-].[Cl-]. The van der Waals surface area contributed by atoms with Crippen molar-refractivity contribution in [3.8, 4) is 5.75 Å². The number of benzene rings is 2. The zero-order valence-corrected chi connectivity index (χ0v) is 16.8. The molecular weight excluding hydrogens is 367 g/mol. The lowest BCUT2D eigenvalue weighted by molar-refractivity contribution is -0.001000. The average Bonchev–Trinajstić information content (AvgIpc) is 2.63. The number of nitrogens with one attached hydrogen (secondary N) is 2. The van der Waals surface area contributed by atoms with Gasteiger partial charge in [-0.15, -0.1) is 0 Å². The number of hydrogen-bond acceptors (Lipinski definition) is 3.